The molecule has 2 aromatic rings. The van der Waals surface area contributed by atoms with Gasteiger partial charge in [0.05, 0.1) is 17.3 Å². The number of nitrogens with one attached hydrogen (secondary N) is 1. The van der Waals surface area contributed by atoms with Crippen molar-refractivity contribution >= 4 is 23.5 Å². The lowest BCUT2D eigenvalue weighted by molar-refractivity contribution is -0.125. The Kier molecular flexibility index (Phi) is 4.88. The summed E-state index contributed by atoms with van der Waals surface area (Å²) < 4.78 is 5.30. The van der Waals surface area contributed by atoms with Crippen LogP contribution in [0.15, 0.2) is 48.5 Å². The fourth-order valence-electron chi connectivity index (χ4n) is 2.77. The van der Waals surface area contributed by atoms with E-state index in [1.54, 1.807) is 0 Å². The molecule has 134 valence electrons. The van der Waals surface area contributed by atoms with Gasteiger partial charge in [0.2, 0.25) is 5.91 Å². The van der Waals surface area contributed by atoms with Gasteiger partial charge in [0.15, 0.2) is 6.61 Å². The molecule has 1 aliphatic heterocycles. The summed E-state index contributed by atoms with van der Waals surface area (Å²) >= 11 is 0. The second kappa shape index (κ2) is 7.26. The van der Waals surface area contributed by atoms with E-state index in [0.717, 1.165) is 5.56 Å². The zero-order chi connectivity index (χ0) is 18.7. The van der Waals surface area contributed by atoms with Crippen LogP contribution in [0, 0.1) is 0 Å². The van der Waals surface area contributed by atoms with E-state index in [1.807, 2.05) is 37.3 Å². The van der Waals surface area contributed by atoms with Crippen molar-refractivity contribution in [3.05, 3.63) is 59.7 Å². The van der Waals surface area contributed by atoms with Crippen LogP contribution in [0.1, 0.15) is 28.9 Å². The number of carboxylic acids is 1. The number of ether oxygens (including phenoxy) is 1. The molecule has 1 heterocycles. The molecule has 1 atom stereocenters. The van der Waals surface area contributed by atoms with Gasteiger partial charge in [-0.25, -0.2) is 4.79 Å². The second-order valence-electron chi connectivity index (χ2n) is 5.96. The van der Waals surface area contributed by atoms with Crippen LogP contribution in [0.2, 0.25) is 0 Å². The molecule has 3 rings (SSSR count). The van der Waals surface area contributed by atoms with Crippen molar-refractivity contribution in [3.8, 4) is 5.75 Å². The molecule has 0 saturated heterocycles. The Labute approximate surface area is 150 Å². The van der Waals surface area contributed by atoms with Crippen molar-refractivity contribution in [1.29, 1.82) is 0 Å². The third-order valence-corrected chi connectivity index (χ3v) is 4.13. The lowest BCUT2D eigenvalue weighted by Crippen LogP contribution is -2.45. The largest absolute Gasteiger partial charge is 0.482 e. The molecule has 26 heavy (non-hydrogen) atoms. The predicted octanol–water partition coefficient (Wildman–Crippen LogP) is 1.99. The summed E-state index contributed by atoms with van der Waals surface area (Å²) in [6, 6.07) is 13.5. The van der Waals surface area contributed by atoms with Crippen LogP contribution in [0.5, 0.6) is 5.75 Å². The van der Waals surface area contributed by atoms with E-state index in [0.29, 0.717) is 5.69 Å². The van der Waals surface area contributed by atoms with Crippen LogP contribution in [0.25, 0.3) is 0 Å². The van der Waals surface area contributed by atoms with E-state index in [2.05, 4.69) is 5.32 Å². The van der Waals surface area contributed by atoms with Crippen LogP contribution < -0.4 is 15.0 Å². The highest BCUT2D eigenvalue weighted by atomic mass is 16.5. The van der Waals surface area contributed by atoms with Crippen molar-refractivity contribution in [2.75, 3.05) is 18.1 Å². The number of aromatic carboxylic acids is 1. The van der Waals surface area contributed by atoms with Gasteiger partial charge in [-0.2, -0.15) is 0 Å². The van der Waals surface area contributed by atoms with Crippen LogP contribution in [0.3, 0.4) is 0 Å². The number of carbonyl (C=O) groups is 3. The number of nitrogens with zero attached hydrogens (tertiary/aromatic N) is 1. The maximum atomic E-state index is 12.4. The monoisotopic (exact) mass is 354 g/mol. The van der Waals surface area contributed by atoms with Crippen molar-refractivity contribution < 1.29 is 24.2 Å². The van der Waals surface area contributed by atoms with Crippen LogP contribution >= 0.6 is 0 Å². The molecule has 0 aromatic heterocycles. The number of rotatable bonds is 5. The zero-order valence-corrected chi connectivity index (χ0v) is 14.1. The van der Waals surface area contributed by atoms with E-state index in [9.17, 15) is 14.4 Å². The second-order valence-corrected chi connectivity index (χ2v) is 5.96. The normalized spacial score (nSPS) is 14.2. The highest BCUT2D eigenvalue weighted by Crippen LogP contribution is 2.32. The number of carbonyl (C=O) groups excluding carboxylic acids is 2. The van der Waals surface area contributed by atoms with Gasteiger partial charge in [-0.15, -0.1) is 0 Å². The molecule has 0 radical (unpaired) electrons. The minimum Gasteiger partial charge on any atom is -0.482 e. The van der Waals surface area contributed by atoms with Crippen LogP contribution in [-0.2, 0) is 9.59 Å². The van der Waals surface area contributed by atoms with E-state index in [1.165, 1.54) is 23.1 Å². The van der Waals surface area contributed by atoms with E-state index in [-0.39, 0.29) is 42.3 Å². The number of amides is 2. The third-order valence-electron chi connectivity index (χ3n) is 4.13. The molecule has 7 heteroatoms. The smallest absolute Gasteiger partial charge is 0.335 e. The molecule has 1 aliphatic rings. The van der Waals surface area contributed by atoms with Crippen molar-refractivity contribution in [2.45, 2.75) is 13.0 Å². The maximum Gasteiger partial charge on any atom is 0.335 e. The summed E-state index contributed by atoms with van der Waals surface area (Å²) in [5, 5.41) is 11.9. The van der Waals surface area contributed by atoms with Crippen molar-refractivity contribution in [2.24, 2.45) is 0 Å². The maximum absolute atomic E-state index is 12.4. The minimum absolute atomic E-state index is 0.0557. The van der Waals surface area contributed by atoms with Gasteiger partial charge in [0.25, 0.3) is 5.91 Å². The Morgan fingerprint density at radius 2 is 1.96 bits per heavy atom. The highest BCUT2D eigenvalue weighted by Gasteiger charge is 2.28. The molecule has 7 nitrogen and oxygen atoms in total. The van der Waals surface area contributed by atoms with E-state index < -0.39 is 5.97 Å². The van der Waals surface area contributed by atoms with Gasteiger partial charge in [-0.05, 0) is 30.7 Å². The molecular formula is C19H18N2O5. The zero-order valence-electron chi connectivity index (χ0n) is 14.1. The Balaban J connectivity index is 1.74. The predicted molar refractivity (Wildman–Crippen MR) is 94.2 cm³/mol. The number of fused-ring (bicyclic) bond motifs is 1. The SMILES string of the molecule is CC(NC(=O)CN1C(=O)COc2cc(C(=O)O)ccc21)c1ccccc1. The van der Waals surface area contributed by atoms with Crippen molar-refractivity contribution in [3.63, 3.8) is 0 Å². The fraction of sp³-hybridized carbons (Fsp3) is 0.211. The Bertz CT molecular complexity index is 850. The Morgan fingerprint density at radius 3 is 2.65 bits per heavy atom. The first kappa shape index (κ1) is 17.5. The van der Waals surface area contributed by atoms with Crippen LogP contribution in [-0.4, -0.2) is 36.0 Å². The molecule has 2 aromatic carbocycles. The highest BCUT2D eigenvalue weighted by molar-refractivity contribution is 6.03. The topological polar surface area (TPSA) is 95.9 Å². The quantitative estimate of drug-likeness (QED) is 0.856. The first-order valence-corrected chi connectivity index (χ1v) is 8.10. The number of carboxylic acid groups (broad SMARTS) is 1. The molecule has 0 bridgehead atoms. The summed E-state index contributed by atoms with van der Waals surface area (Å²) in [6.07, 6.45) is 0. The average Bonchev–Trinajstić information content (AvgIpc) is 2.64. The van der Waals surface area contributed by atoms with Gasteiger partial charge in [0, 0.05) is 0 Å². The first-order chi connectivity index (χ1) is 12.5. The Hall–Kier alpha value is -3.35. The summed E-state index contributed by atoms with van der Waals surface area (Å²) in [4.78, 5) is 36.9. The number of hydrogen-bond donors (Lipinski definition) is 2. The molecule has 2 amide bonds. The Morgan fingerprint density at radius 1 is 1.23 bits per heavy atom. The fourth-order valence-corrected chi connectivity index (χ4v) is 2.77. The van der Waals surface area contributed by atoms with Gasteiger partial charge >= 0.3 is 5.97 Å². The summed E-state index contributed by atoms with van der Waals surface area (Å²) in [5.41, 5.74) is 1.40. The van der Waals surface area contributed by atoms with Gasteiger partial charge in [-0.1, -0.05) is 30.3 Å². The number of benzene rings is 2. The summed E-state index contributed by atoms with van der Waals surface area (Å²) in [7, 11) is 0. The van der Waals surface area contributed by atoms with Crippen molar-refractivity contribution in [1.82, 2.24) is 5.32 Å². The van der Waals surface area contributed by atoms with Gasteiger partial charge in [0.1, 0.15) is 12.3 Å². The molecule has 1 unspecified atom stereocenters. The average molecular weight is 354 g/mol. The standard InChI is InChI=1S/C19H18N2O5/c1-12(13-5-3-2-4-6-13)20-17(22)10-21-15-8-7-14(19(24)25)9-16(15)26-11-18(21)23/h2-9,12H,10-11H2,1H3,(H,20,22)(H,24,25). The summed E-state index contributed by atoms with van der Waals surface area (Å²) in [5.74, 6) is -1.49. The first-order valence-electron chi connectivity index (χ1n) is 8.10. The summed E-state index contributed by atoms with van der Waals surface area (Å²) in [6.45, 7) is 1.46. The van der Waals surface area contributed by atoms with Gasteiger partial charge < -0.3 is 15.2 Å². The molecule has 0 spiro atoms. The van der Waals surface area contributed by atoms with Gasteiger partial charge in [-0.3, -0.25) is 14.5 Å². The van der Waals surface area contributed by atoms with E-state index >= 15 is 0 Å². The minimum atomic E-state index is -1.09. The lowest BCUT2D eigenvalue weighted by Gasteiger charge is -2.29. The molecule has 0 aliphatic carbocycles. The van der Waals surface area contributed by atoms with Crippen LogP contribution in [0.4, 0.5) is 5.69 Å². The number of hydrogen-bond acceptors (Lipinski definition) is 4. The molecule has 0 saturated carbocycles. The third kappa shape index (κ3) is 3.66. The van der Waals surface area contributed by atoms with E-state index in [4.69, 9.17) is 9.84 Å². The number of anilines is 1. The lowest BCUT2D eigenvalue weighted by atomic mass is 10.1. The molecule has 0 fully saturated rings. The molecule has 2 N–H and O–H groups in total. The molecular weight excluding hydrogens is 336 g/mol.